The first-order chi connectivity index (χ1) is 8.21. The molecule has 1 saturated carbocycles. The topological polar surface area (TPSA) is 76.0 Å². The minimum absolute atomic E-state index is 0.0397. The van der Waals surface area contributed by atoms with E-state index in [0.717, 1.165) is 17.9 Å². The van der Waals surface area contributed by atoms with Crippen LogP contribution in [-0.4, -0.2) is 37.3 Å². The van der Waals surface area contributed by atoms with Gasteiger partial charge in [0.15, 0.2) is 0 Å². The lowest BCUT2D eigenvalue weighted by atomic mass is 10.3. The highest BCUT2D eigenvalue weighted by Crippen LogP contribution is 2.32. The van der Waals surface area contributed by atoms with E-state index >= 15 is 0 Å². The summed E-state index contributed by atoms with van der Waals surface area (Å²) < 4.78 is 61.3. The highest BCUT2D eigenvalue weighted by Gasteiger charge is 2.49. The Hall–Kier alpha value is -1.32. The van der Waals surface area contributed by atoms with E-state index in [9.17, 15) is 26.4 Å². The molecule has 1 aliphatic heterocycles. The van der Waals surface area contributed by atoms with E-state index in [4.69, 9.17) is 0 Å². The van der Waals surface area contributed by atoms with Crippen LogP contribution in [-0.2, 0) is 19.1 Å². The van der Waals surface area contributed by atoms with Gasteiger partial charge in [-0.15, -0.1) is 5.10 Å². The summed E-state index contributed by atoms with van der Waals surface area (Å²) in [6, 6.07) is 0. The number of amides is 1. The van der Waals surface area contributed by atoms with Crippen LogP contribution in [0.2, 0.25) is 0 Å². The monoisotopic (exact) mass is 286 g/mol. The van der Waals surface area contributed by atoms with Crippen molar-refractivity contribution in [1.29, 1.82) is 0 Å². The maximum atomic E-state index is 12.0. The summed E-state index contributed by atoms with van der Waals surface area (Å²) in [6.07, 6.45) is 1.30. The number of carbonyl (C=O) groups is 1. The van der Waals surface area contributed by atoms with Gasteiger partial charge >= 0.3 is 15.6 Å². The molecule has 0 saturated heterocycles. The Morgan fingerprint density at radius 3 is 2.50 bits per heavy atom. The molecular formula is C8H9F3N2O4S. The Morgan fingerprint density at radius 1 is 1.39 bits per heavy atom. The van der Waals surface area contributed by atoms with Crippen LogP contribution in [0.3, 0.4) is 0 Å². The van der Waals surface area contributed by atoms with Gasteiger partial charge in [-0.1, -0.05) is 0 Å². The third-order valence-corrected chi connectivity index (χ3v) is 3.42. The van der Waals surface area contributed by atoms with Crippen molar-refractivity contribution in [3.05, 3.63) is 0 Å². The van der Waals surface area contributed by atoms with Gasteiger partial charge in [0, 0.05) is 12.3 Å². The molecule has 0 N–H and O–H groups in total. The first-order valence-corrected chi connectivity index (χ1v) is 6.51. The zero-order valence-electron chi connectivity index (χ0n) is 8.98. The van der Waals surface area contributed by atoms with Gasteiger partial charge in [0.05, 0.1) is 6.54 Å². The SMILES string of the molecule is O=C(C1CC1)N1CCC(OS(=O)(=O)C(F)(F)F)=N1. The molecule has 1 aliphatic carbocycles. The van der Waals surface area contributed by atoms with Gasteiger partial charge in [-0.2, -0.15) is 21.6 Å². The highest BCUT2D eigenvalue weighted by molar-refractivity contribution is 7.88. The van der Waals surface area contributed by atoms with Crippen LogP contribution in [0.4, 0.5) is 13.2 Å². The Balaban J connectivity index is 2.03. The normalized spacial score (nSPS) is 20.8. The fourth-order valence-corrected chi connectivity index (χ4v) is 1.83. The van der Waals surface area contributed by atoms with Crippen molar-refractivity contribution in [2.45, 2.75) is 24.8 Å². The average Bonchev–Trinajstić information content (AvgIpc) is 2.97. The van der Waals surface area contributed by atoms with E-state index in [2.05, 4.69) is 9.28 Å². The largest absolute Gasteiger partial charge is 0.534 e. The molecule has 18 heavy (non-hydrogen) atoms. The number of hydrogen-bond acceptors (Lipinski definition) is 5. The third kappa shape index (κ3) is 2.57. The predicted octanol–water partition coefficient (Wildman–Crippen LogP) is 0.808. The van der Waals surface area contributed by atoms with Crippen LogP contribution in [0.15, 0.2) is 5.10 Å². The number of hydrogen-bond donors (Lipinski definition) is 0. The molecule has 2 aliphatic rings. The molecule has 0 atom stereocenters. The van der Waals surface area contributed by atoms with Crippen LogP contribution in [0.5, 0.6) is 0 Å². The maximum absolute atomic E-state index is 12.0. The fraction of sp³-hybridized carbons (Fsp3) is 0.750. The summed E-state index contributed by atoms with van der Waals surface area (Å²) >= 11 is 0. The van der Waals surface area contributed by atoms with Gasteiger partial charge in [0.1, 0.15) is 0 Å². The van der Waals surface area contributed by atoms with Crippen molar-refractivity contribution in [1.82, 2.24) is 5.01 Å². The lowest BCUT2D eigenvalue weighted by molar-refractivity contribution is -0.132. The molecule has 6 nitrogen and oxygen atoms in total. The molecule has 102 valence electrons. The van der Waals surface area contributed by atoms with Crippen LogP contribution < -0.4 is 0 Å². The summed E-state index contributed by atoms with van der Waals surface area (Å²) in [5, 5.41) is 4.40. The number of rotatable bonds is 2. The number of hydrazone groups is 1. The number of carbonyl (C=O) groups excluding carboxylic acids is 1. The van der Waals surface area contributed by atoms with Gasteiger partial charge in [0.2, 0.25) is 11.8 Å². The summed E-state index contributed by atoms with van der Waals surface area (Å²) in [5.41, 5.74) is -5.50. The smallest absolute Gasteiger partial charge is 0.358 e. The minimum Gasteiger partial charge on any atom is -0.358 e. The molecule has 2 rings (SSSR count). The van der Waals surface area contributed by atoms with E-state index in [1.165, 1.54) is 0 Å². The van der Waals surface area contributed by atoms with Gasteiger partial charge in [-0.05, 0) is 12.8 Å². The van der Waals surface area contributed by atoms with E-state index in [0.29, 0.717) is 0 Å². The van der Waals surface area contributed by atoms with Crippen molar-refractivity contribution in [2.24, 2.45) is 11.0 Å². The van der Waals surface area contributed by atoms with Crippen LogP contribution in [0, 0.1) is 5.92 Å². The zero-order valence-corrected chi connectivity index (χ0v) is 9.79. The Morgan fingerprint density at radius 2 is 2.00 bits per heavy atom. The summed E-state index contributed by atoms with van der Waals surface area (Å²) in [7, 11) is -5.70. The second-order valence-corrected chi connectivity index (χ2v) is 5.50. The van der Waals surface area contributed by atoms with E-state index in [1.54, 1.807) is 0 Å². The molecule has 0 aromatic heterocycles. The summed E-state index contributed by atoms with van der Waals surface area (Å²) in [6.45, 7) is 0.0397. The number of alkyl halides is 3. The molecule has 0 aromatic carbocycles. The molecule has 0 bridgehead atoms. The number of halogens is 3. The summed E-state index contributed by atoms with van der Waals surface area (Å²) in [4.78, 5) is 11.5. The third-order valence-electron chi connectivity index (χ3n) is 2.44. The summed E-state index contributed by atoms with van der Waals surface area (Å²) in [5.74, 6) is -1.06. The van der Waals surface area contributed by atoms with E-state index in [1.807, 2.05) is 0 Å². The first-order valence-electron chi connectivity index (χ1n) is 5.10. The van der Waals surface area contributed by atoms with Gasteiger partial charge in [0.25, 0.3) is 0 Å². The molecule has 1 fully saturated rings. The standard InChI is InChI=1S/C8H9F3N2O4S/c9-8(10,11)18(15,16)17-6-3-4-13(12-6)7(14)5-1-2-5/h5H,1-4H2. The quantitative estimate of drug-likeness (QED) is 0.556. The maximum Gasteiger partial charge on any atom is 0.534 e. The molecule has 0 unspecified atom stereocenters. The van der Waals surface area contributed by atoms with Gasteiger partial charge < -0.3 is 4.18 Å². The molecular weight excluding hydrogens is 277 g/mol. The van der Waals surface area contributed by atoms with Crippen molar-refractivity contribution >= 4 is 21.9 Å². The molecule has 0 radical (unpaired) electrons. The van der Waals surface area contributed by atoms with Crippen LogP contribution in [0.25, 0.3) is 0 Å². The van der Waals surface area contributed by atoms with Crippen molar-refractivity contribution in [3.8, 4) is 0 Å². The van der Waals surface area contributed by atoms with Crippen molar-refractivity contribution < 1.29 is 30.6 Å². The highest BCUT2D eigenvalue weighted by atomic mass is 32.2. The van der Waals surface area contributed by atoms with E-state index < -0.39 is 21.5 Å². The molecule has 1 amide bonds. The first kappa shape index (κ1) is 13.1. The lowest BCUT2D eigenvalue weighted by Gasteiger charge is -2.09. The van der Waals surface area contributed by atoms with E-state index in [-0.39, 0.29) is 24.8 Å². The minimum atomic E-state index is -5.70. The molecule has 10 heteroatoms. The molecule has 1 heterocycles. The van der Waals surface area contributed by atoms with Gasteiger partial charge in [-0.3, -0.25) is 4.79 Å². The van der Waals surface area contributed by atoms with Crippen LogP contribution >= 0.6 is 0 Å². The van der Waals surface area contributed by atoms with Crippen LogP contribution in [0.1, 0.15) is 19.3 Å². The second kappa shape index (κ2) is 4.11. The van der Waals surface area contributed by atoms with Gasteiger partial charge in [-0.25, -0.2) is 5.01 Å². The van der Waals surface area contributed by atoms with Crippen molar-refractivity contribution in [3.63, 3.8) is 0 Å². The zero-order chi connectivity index (χ0) is 13.6. The average molecular weight is 286 g/mol. The Labute approximate surface area is 101 Å². The predicted molar refractivity (Wildman–Crippen MR) is 52.5 cm³/mol. The second-order valence-electron chi connectivity index (χ2n) is 3.96. The fourth-order valence-electron chi connectivity index (χ4n) is 1.37. The molecule has 0 spiro atoms. The lowest BCUT2D eigenvalue weighted by Crippen LogP contribution is -2.27. The number of nitrogens with zero attached hydrogens (tertiary/aromatic N) is 2. The Kier molecular flexibility index (Phi) is 2.99. The van der Waals surface area contributed by atoms with Crippen molar-refractivity contribution in [2.75, 3.05) is 6.54 Å². The molecule has 0 aromatic rings. The Bertz CT molecular complexity index is 495.